The van der Waals surface area contributed by atoms with E-state index in [1.165, 1.54) is 55.6 Å². The predicted molar refractivity (Wildman–Crippen MR) is 114 cm³/mol. The van der Waals surface area contributed by atoms with Crippen LogP contribution in [0.1, 0.15) is 32.3 Å². The van der Waals surface area contributed by atoms with E-state index < -0.39 is 33.9 Å². The van der Waals surface area contributed by atoms with Crippen molar-refractivity contribution in [2.24, 2.45) is 0 Å². The summed E-state index contributed by atoms with van der Waals surface area (Å²) in [6.45, 7) is 3.53. The fourth-order valence-corrected chi connectivity index (χ4v) is 5.38. The molecule has 0 saturated carbocycles. The zero-order valence-corrected chi connectivity index (χ0v) is 18.3. The Balaban J connectivity index is 1.99. The van der Waals surface area contributed by atoms with E-state index in [0.717, 1.165) is 9.21 Å². The Morgan fingerprint density at radius 2 is 1.77 bits per heavy atom. The van der Waals surface area contributed by atoms with Crippen molar-refractivity contribution in [1.29, 1.82) is 5.26 Å². The summed E-state index contributed by atoms with van der Waals surface area (Å²) in [5, 5.41) is 8.95. The van der Waals surface area contributed by atoms with Crippen LogP contribution < -0.4 is 9.64 Å². The Kier molecular flexibility index (Phi) is 6.43. The Morgan fingerprint density at radius 3 is 2.29 bits per heavy atom. The molecule has 0 aliphatic carbocycles. The van der Waals surface area contributed by atoms with Gasteiger partial charge in [-0.25, -0.2) is 13.3 Å². The maximum Gasteiger partial charge on any atom is 0.252 e. The Hall–Kier alpha value is -3.22. The molecule has 0 aromatic heterocycles. The standard InChI is InChI=1S/C22H23N3O5S/c1-4-15(2)25(31(28,29)19-11-9-18(30-3)10-12-19)20-13-21(26)24(22(20)27)17-7-5-16(14-23)6-8-17/h5-12,15,20H,4,13H2,1-3H3. The minimum atomic E-state index is -4.06. The summed E-state index contributed by atoms with van der Waals surface area (Å²) in [7, 11) is -2.58. The van der Waals surface area contributed by atoms with Crippen molar-refractivity contribution in [2.75, 3.05) is 12.0 Å². The summed E-state index contributed by atoms with van der Waals surface area (Å²) in [6.07, 6.45) is 0.211. The van der Waals surface area contributed by atoms with Crippen LogP contribution in [0.25, 0.3) is 0 Å². The van der Waals surface area contributed by atoms with Gasteiger partial charge in [0.15, 0.2) is 0 Å². The van der Waals surface area contributed by atoms with Gasteiger partial charge in [-0.3, -0.25) is 9.59 Å². The maximum absolute atomic E-state index is 13.5. The number of rotatable bonds is 7. The topological polar surface area (TPSA) is 108 Å². The maximum atomic E-state index is 13.5. The highest BCUT2D eigenvalue weighted by molar-refractivity contribution is 7.89. The molecule has 162 valence electrons. The monoisotopic (exact) mass is 441 g/mol. The van der Waals surface area contributed by atoms with Crippen molar-refractivity contribution in [2.45, 2.75) is 43.7 Å². The fourth-order valence-electron chi connectivity index (χ4n) is 3.53. The summed E-state index contributed by atoms with van der Waals surface area (Å²) < 4.78 is 33.2. The number of carbonyl (C=O) groups is 2. The van der Waals surface area contributed by atoms with Crippen molar-refractivity contribution in [3.05, 3.63) is 54.1 Å². The van der Waals surface area contributed by atoms with E-state index in [2.05, 4.69) is 0 Å². The first-order valence-electron chi connectivity index (χ1n) is 9.79. The first-order valence-corrected chi connectivity index (χ1v) is 11.2. The van der Waals surface area contributed by atoms with Crippen molar-refractivity contribution >= 4 is 27.5 Å². The number of nitrogens with zero attached hydrogens (tertiary/aromatic N) is 3. The molecule has 31 heavy (non-hydrogen) atoms. The van der Waals surface area contributed by atoms with Gasteiger partial charge in [-0.05, 0) is 61.9 Å². The van der Waals surface area contributed by atoms with Crippen LogP contribution >= 0.6 is 0 Å². The van der Waals surface area contributed by atoms with Crippen LogP contribution in [-0.2, 0) is 19.6 Å². The molecule has 2 aromatic rings. The number of anilines is 1. The van der Waals surface area contributed by atoms with Crippen LogP contribution in [0.15, 0.2) is 53.4 Å². The summed E-state index contributed by atoms with van der Waals surface area (Å²) >= 11 is 0. The molecular weight excluding hydrogens is 418 g/mol. The minimum Gasteiger partial charge on any atom is -0.497 e. The molecule has 1 heterocycles. The second-order valence-electron chi connectivity index (χ2n) is 7.21. The Bertz CT molecular complexity index is 1120. The number of benzene rings is 2. The quantitative estimate of drug-likeness (QED) is 0.612. The highest BCUT2D eigenvalue weighted by Crippen LogP contribution is 2.32. The van der Waals surface area contributed by atoms with E-state index in [9.17, 15) is 18.0 Å². The second kappa shape index (κ2) is 8.88. The highest BCUT2D eigenvalue weighted by Gasteiger charge is 2.48. The molecule has 2 atom stereocenters. The molecule has 2 unspecified atom stereocenters. The average Bonchev–Trinajstić information content (AvgIpc) is 3.07. The van der Waals surface area contributed by atoms with Crippen LogP contribution in [-0.4, -0.2) is 43.7 Å². The fraction of sp³-hybridized carbons (Fsp3) is 0.318. The average molecular weight is 442 g/mol. The van der Waals surface area contributed by atoms with Gasteiger partial charge in [0.1, 0.15) is 11.8 Å². The lowest BCUT2D eigenvalue weighted by atomic mass is 10.2. The zero-order chi connectivity index (χ0) is 22.8. The first-order chi connectivity index (χ1) is 14.7. The number of carbonyl (C=O) groups excluding carboxylic acids is 2. The molecule has 0 spiro atoms. The molecule has 9 heteroatoms. The first kappa shape index (κ1) is 22.5. The third-order valence-electron chi connectivity index (χ3n) is 5.34. The summed E-state index contributed by atoms with van der Waals surface area (Å²) in [6, 6.07) is 12.2. The number of hydrogen-bond acceptors (Lipinski definition) is 6. The van der Waals surface area contributed by atoms with Crippen molar-refractivity contribution < 1.29 is 22.7 Å². The predicted octanol–water partition coefficient (Wildman–Crippen LogP) is 2.69. The molecule has 2 aromatic carbocycles. The Morgan fingerprint density at radius 1 is 1.16 bits per heavy atom. The van der Waals surface area contributed by atoms with E-state index in [1.807, 2.05) is 13.0 Å². The van der Waals surface area contributed by atoms with Gasteiger partial charge >= 0.3 is 0 Å². The normalized spacial score (nSPS) is 17.6. The molecule has 3 rings (SSSR count). The van der Waals surface area contributed by atoms with Crippen molar-refractivity contribution in [3.63, 3.8) is 0 Å². The molecule has 1 saturated heterocycles. The van der Waals surface area contributed by atoms with Gasteiger partial charge < -0.3 is 4.74 Å². The number of sulfonamides is 1. The lowest BCUT2D eigenvalue weighted by Crippen LogP contribution is -2.49. The van der Waals surface area contributed by atoms with Crippen LogP contribution in [0.3, 0.4) is 0 Å². The number of nitriles is 1. The number of hydrogen-bond donors (Lipinski definition) is 0. The van der Waals surface area contributed by atoms with Gasteiger partial charge in [-0.1, -0.05) is 6.92 Å². The van der Waals surface area contributed by atoms with E-state index >= 15 is 0 Å². The van der Waals surface area contributed by atoms with Crippen LogP contribution in [0.2, 0.25) is 0 Å². The smallest absolute Gasteiger partial charge is 0.252 e. The molecule has 0 N–H and O–H groups in total. The molecule has 2 amide bonds. The largest absolute Gasteiger partial charge is 0.497 e. The summed E-state index contributed by atoms with van der Waals surface area (Å²) in [5.41, 5.74) is 0.699. The van der Waals surface area contributed by atoms with Crippen molar-refractivity contribution in [1.82, 2.24) is 4.31 Å². The molecule has 1 aliphatic heterocycles. The van der Waals surface area contributed by atoms with Crippen LogP contribution in [0.4, 0.5) is 5.69 Å². The van der Waals surface area contributed by atoms with E-state index in [-0.39, 0.29) is 11.3 Å². The second-order valence-corrected chi connectivity index (χ2v) is 9.06. The van der Waals surface area contributed by atoms with Gasteiger partial charge in [-0.15, -0.1) is 0 Å². The number of methoxy groups -OCH3 is 1. The SMILES string of the molecule is CCC(C)N(C1CC(=O)N(c2ccc(C#N)cc2)C1=O)S(=O)(=O)c1ccc(OC)cc1. The number of ether oxygens (including phenoxy) is 1. The number of imide groups is 1. The van der Waals surface area contributed by atoms with Crippen LogP contribution in [0, 0.1) is 11.3 Å². The molecule has 8 nitrogen and oxygen atoms in total. The van der Waals surface area contributed by atoms with Gasteiger partial charge in [0.2, 0.25) is 15.9 Å². The van der Waals surface area contributed by atoms with E-state index in [4.69, 9.17) is 10.00 Å². The molecule has 0 bridgehead atoms. The number of amides is 2. The minimum absolute atomic E-state index is 0.0191. The van der Waals surface area contributed by atoms with Gasteiger partial charge in [0.05, 0.1) is 35.7 Å². The third-order valence-corrected chi connectivity index (χ3v) is 7.38. The van der Waals surface area contributed by atoms with E-state index in [1.54, 1.807) is 6.92 Å². The molecule has 0 radical (unpaired) electrons. The van der Waals surface area contributed by atoms with Gasteiger partial charge in [0, 0.05) is 6.04 Å². The molecule has 1 aliphatic rings. The Labute approximate surface area is 181 Å². The molecular formula is C22H23N3O5S. The summed E-state index contributed by atoms with van der Waals surface area (Å²) in [5.74, 6) is -0.585. The third kappa shape index (κ3) is 4.17. The lowest BCUT2D eigenvalue weighted by Gasteiger charge is -2.31. The highest BCUT2D eigenvalue weighted by atomic mass is 32.2. The molecule has 1 fully saturated rings. The summed E-state index contributed by atoms with van der Waals surface area (Å²) in [4.78, 5) is 26.9. The van der Waals surface area contributed by atoms with Gasteiger partial charge in [-0.2, -0.15) is 9.57 Å². The van der Waals surface area contributed by atoms with Crippen LogP contribution in [0.5, 0.6) is 5.75 Å². The van der Waals surface area contributed by atoms with Crippen molar-refractivity contribution in [3.8, 4) is 11.8 Å². The van der Waals surface area contributed by atoms with Gasteiger partial charge in [0.25, 0.3) is 5.91 Å². The lowest BCUT2D eigenvalue weighted by molar-refractivity contribution is -0.122. The van der Waals surface area contributed by atoms with E-state index in [0.29, 0.717) is 23.4 Å². The zero-order valence-electron chi connectivity index (χ0n) is 17.5.